The van der Waals surface area contributed by atoms with Crippen LogP contribution in [0.1, 0.15) is 28.4 Å². The zero-order valence-corrected chi connectivity index (χ0v) is 19.7. The summed E-state index contributed by atoms with van der Waals surface area (Å²) in [7, 11) is 1.59. The van der Waals surface area contributed by atoms with Gasteiger partial charge in [0, 0.05) is 44.4 Å². The summed E-state index contributed by atoms with van der Waals surface area (Å²) in [6.07, 6.45) is 3.22. The summed E-state index contributed by atoms with van der Waals surface area (Å²) in [5.41, 5.74) is 11.1. The summed E-state index contributed by atoms with van der Waals surface area (Å²) >= 11 is 6.05. The van der Waals surface area contributed by atoms with Gasteiger partial charge in [0.2, 0.25) is 11.8 Å². The number of fused-ring (bicyclic) bond motifs is 1. The molecule has 2 amide bonds. The van der Waals surface area contributed by atoms with E-state index in [0.717, 1.165) is 38.8 Å². The number of anilines is 1. The Morgan fingerprint density at radius 1 is 1.09 bits per heavy atom. The topological polar surface area (TPSA) is 94.6 Å². The van der Waals surface area contributed by atoms with Crippen LogP contribution >= 0.6 is 11.6 Å². The Hall–Kier alpha value is -4.03. The van der Waals surface area contributed by atoms with Crippen LogP contribution in [0.5, 0.6) is 5.75 Å². The molecule has 172 valence electrons. The fourth-order valence-corrected chi connectivity index (χ4v) is 4.02. The monoisotopic (exact) mass is 474 g/mol. The number of hydrogen-bond acceptors (Lipinski definition) is 4. The number of furan rings is 1. The van der Waals surface area contributed by atoms with E-state index in [2.05, 4.69) is 5.32 Å². The third-order valence-corrected chi connectivity index (χ3v) is 5.86. The number of carbonyl (C=O) groups excluding carboxylic acids is 2. The molecule has 1 aromatic heterocycles. The minimum atomic E-state index is -0.524. The first-order chi connectivity index (χ1) is 16.3. The quantitative estimate of drug-likeness (QED) is 0.325. The van der Waals surface area contributed by atoms with Gasteiger partial charge in [0.1, 0.15) is 11.3 Å². The average molecular weight is 475 g/mol. The van der Waals surface area contributed by atoms with Crippen LogP contribution in [0.25, 0.3) is 27.7 Å². The third-order valence-electron chi connectivity index (χ3n) is 5.61. The molecular weight excluding hydrogens is 452 g/mol. The summed E-state index contributed by atoms with van der Waals surface area (Å²) in [6, 6.07) is 15.9. The van der Waals surface area contributed by atoms with E-state index in [0.29, 0.717) is 22.0 Å². The Bertz CT molecular complexity index is 1420. The first-order valence-corrected chi connectivity index (χ1v) is 10.9. The van der Waals surface area contributed by atoms with Crippen LogP contribution in [0.2, 0.25) is 5.02 Å². The maximum absolute atomic E-state index is 12.7. The van der Waals surface area contributed by atoms with Gasteiger partial charge in [0.15, 0.2) is 0 Å². The van der Waals surface area contributed by atoms with Crippen LogP contribution in [0.3, 0.4) is 0 Å². The molecule has 0 atom stereocenters. The van der Waals surface area contributed by atoms with Crippen LogP contribution in [0.4, 0.5) is 5.69 Å². The molecule has 0 saturated carbocycles. The number of nitrogens with one attached hydrogen (secondary N) is 1. The minimum absolute atomic E-state index is 0.311. The smallest absolute Gasteiger partial charge is 0.248 e. The maximum Gasteiger partial charge on any atom is 0.248 e. The van der Waals surface area contributed by atoms with Gasteiger partial charge in [-0.05, 0) is 67.4 Å². The summed E-state index contributed by atoms with van der Waals surface area (Å²) in [4.78, 5) is 23.9. The summed E-state index contributed by atoms with van der Waals surface area (Å²) in [5, 5.41) is 4.36. The predicted molar refractivity (Wildman–Crippen MR) is 135 cm³/mol. The predicted octanol–water partition coefficient (Wildman–Crippen LogP) is 6.21. The Balaban J connectivity index is 1.70. The zero-order valence-electron chi connectivity index (χ0n) is 18.9. The molecule has 0 saturated heterocycles. The van der Waals surface area contributed by atoms with Gasteiger partial charge >= 0.3 is 0 Å². The van der Waals surface area contributed by atoms with Crippen LogP contribution < -0.4 is 15.8 Å². The highest BCUT2D eigenvalue weighted by Gasteiger charge is 2.19. The molecule has 0 radical (unpaired) electrons. The molecule has 3 aromatic carbocycles. The highest BCUT2D eigenvalue weighted by atomic mass is 35.5. The molecule has 0 unspecified atom stereocenters. The van der Waals surface area contributed by atoms with Crippen molar-refractivity contribution >= 4 is 45.6 Å². The molecule has 7 heteroatoms. The zero-order chi connectivity index (χ0) is 24.4. The van der Waals surface area contributed by atoms with Gasteiger partial charge in [-0.15, -0.1) is 0 Å². The molecule has 6 nitrogen and oxygen atoms in total. The second-order valence-corrected chi connectivity index (χ2v) is 8.31. The number of amides is 2. The van der Waals surface area contributed by atoms with Crippen molar-refractivity contribution in [1.29, 1.82) is 0 Å². The third kappa shape index (κ3) is 4.54. The molecule has 4 aromatic rings. The molecule has 0 bridgehead atoms. The van der Waals surface area contributed by atoms with E-state index in [-0.39, 0.29) is 5.91 Å². The highest BCUT2D eigenvalue weighted by Crippen LogP contribution is 2.40. The number of benzene rings is 3. The Morgan fingerprint density at radius 2 is 1.76 bits per heavy atom. The molecule has 0 aliphatic rings. The molecule has 0 fully saturated rings. The van der Waals surface area contributed by atoms with Gasteiger partial charge in [-0.1, -0.05) is 23.7 Å². The second kappa shape index (κ2) is 9.45. The molecule has 3 N–H and O–H groups in total. The van der Waals surface area contributed by atoms with E-state index in [1.54, 1.807) is 37.6 Å². The standard InChI is InChI=1S/C27H23ClN2O4/c1-15(12-24(31)30-20-10-6-18(7-11-20)27(29)32)21-13-22-23(17-4-8-19(28)9-5-17)14-34-26(22)16(2)25(21)33-3/h4-14H,1-3H3,(H2,29,32)(H,30,31)/b15-12+. The van der Waals surface area contributed by atoms with E-state index in [4.69, 9.17) is 26.5 Å². The Morgan fingerprint density at radius 3 is 2.38 bits per heavy atom. The number of nitrogens with two attached hydrogens (primary N) is 1. The first kappa shape index (κ1) is 23.1. The van der Waals surface area contributed by atoms with E-state index in [1.165, 1.54) is 6.08 Å². The lowest BCUT2D eigenvalue weighted by molar-refractivity contribution is -0.111. The van der Waals surface area contributed by atoms with Crippen molar-refractivity contribution in [3.63, 3.8) is 0 Å². The summed E-state index contributed by atoms with van der Waals surface area (Å²) in [6.45, 7) is 3.77. The number of rotatable bonds is 6. The van der Waals surface area contributed by atoms with Crippen molar-refractivity contribution in [3.05, 3.63) is 88.6 Å². The molecule has 1 heterocycles. The molecule has 0 aliphatic carbocycles. The van der Waals surface area contributed by atoms with Crippen LogP contribution in [-0.2, 0) is 4.79 Å². The van der Waals surface area contributed by atoms with E-state index in [9.17, 15) is 9.59 Å². The van der Waals surface area contributed by atoms with Crippen LogP contribution in [0.15, 0.2) is 71.4 Å². The lowest BCUT2D eigenvalue weighted by Gasteiger charge is -2.13. The lowest BCUT2D eigenvalue weighted by atomic mass is 9.96. The van der Waals surface area contributed by atoms with E-state index in [1.807, 2.05) is 44.2 Å². The lowest BCUT2D eigenvalue weighted by Crippen LogP contribution is -2.12. The van der Waals surface area contributed by atoms with Crippen molar-refractivity contribution in [3.8, 4) is 16.9 Å². The molecule has 4 rings (SSSR count). The van der Waals surface area contributed by atoms with Gasteiger partial charge in [0.25, 0.3) is 0 Å². The fourth-order valence-electron chi connectivity index (χ4n) is 3.90. The van der Waals surface area contributed by atoms with Crippen molar-refractivity contribution in [1.82, 2.24) is 0 Å². The number of methoxy groups -OCH3 is 1. The van der Waals surface area contributed by atoms with Crippen molar-refractivity contribution < 1.29 is 18.7 Å². The van der Waals surface area contributed by atoms with Crippen LogP contribution in [0, 0.1) is 6.92 Å². The SMILES string of the molecule is COc1c(/C(C)=C/C(=O)Nc2ccc(C(N)=O)cc2)cc2c(-c3ccc(Cl)cc3)coc2c1C. The van der Waals surface area contributed by atoms with E-state index < -0.39 is 5.91 Å². The van der Waals surface area contributed by atoms with Crippen molar-refractivity contribution in [2.45, 2.75) is 13.8 Å². The Kier molecular flexibility index (Phi) is 6.43. The van der Waals surface area contributed by atoms with Gasteiger partial charge < -0.3 is 20.2 Å². The molecular formula is C27H23ClN2O4. The molecule has 34 heavy (non-hydrogen) atoms. The summed E-state index contributed by atoms with van der Waals surface area (Å²) < 4.78 is 11.6. The van der Waals surface area contributed by atoms with Gasteiger partial charge in [-0.3, -0.25) is 9.59 Å². The number of hydrogen-bond donors (Lipinski definition) is 2. The number of ether oxygens (including phenoxy) is 1. The average Bonchev–Trinajstić information content (AvgIpc) is 3.24. The number of carbonyl (C=O) groups is 2. The minimum Gasteiger partial charge on any atom is -0.496 e. The Labute approximate surface area is 202 Å². The highest BCUT2D eigenvalue weighted by molar-refractivity contribution is 6.30. The number of primary amides is 1. The fraction of sp³-hybridized carbons (Fsp3) is 0.111. The normalized spacial score (nSPS) is 11.5. The van der Waals surface area contributed by atoms with Crippen molar-refractivity contribution in [2.75, 3.05) is 12.4 Å². The molecule has 0 spiro atoms. The summed E-state index contributed by atoms with van der Waals surface area (Å²) in [5.74, 6) is -0.199. The largest absolute Gasteiger partial charge is 0.496 e. The number of halogens is 1. The van der Waals surface area contributed by atoms with Gasteiger partial charge in [0.05, 0.1) is 13.4 Å². The molecule has 0 aliphatic heterocycles. The number of aryl methyl sites for hydroxylation is 1. The first-order valence-electron chi connectivity index (χ1n) is 10.5. The van der Waals surface area contributed by atoms with E-state index >= 15 is 0 Å². The number of allylic oxidation sites excluding steroid dienone is 1. The maximum atomic E-state index is 12.7. The van der Waals surface area contributed by atoms with Gasteiger partial charge in [-0.2, -0.15) is 0 Å². The van der Waals surface area contributed by atoms with Crippen molar-refractivity contribution in [2.24, 2.45) is 5.73 Å². The second-order valence-electron chi connectivity index (χ2n) is 7.87. The van der Waals surface area contributed by atoms with Gasteiger partial charge in [-0.25, -0.2) is 0 Å². The van der Waals surface area contributed by atoms with Crippen LogP contribution in [-0.4, -0.2) is 18.9 Å².